The van der Waals surface area contributed by atoms with Gasteiger partial charge in [-0.15, -0.1) is 0 Å². The van der Waals surface area contributed by atoms with Crippen molar-refractivity contribution in [3.63, 3.8) is 0 Å². The van der Waals surface area contributed by atoms with Crippen LogP contribution in [0, 0.1) is 17.0 Å². The molecule has 0 fully saturated rings. The zero-order valence-corrected chi connectivity index (χ0v) is 13.3. The van der Waals surface area contributed by atoms with Gasteiger partial charge in [-0.25, -0.2) is 0 Å². The van der Waals surface area contributed by atoms with E-state index in [9.17, 15) is 19.7 Å². The molecule has 0 saturated heterocycles. The summed E-state index contributed by atoms with van der Waals surface area (Å²) in [6, 6.07) is 11.2. The van der Waals surface area contributed by atoms with Gasteiger partial charge in [0.1, 0.15) is 0 Å². The minimum Gasteiger partial charge on any atom is -0.359 e. The third kappa shape index (κ3) is 4.16. The number of nitro groups is 1. The van der Waals surface area contributed by atoms with Gasteiger partial charge in [0, 0.05) is 29.9 Å². The van der Waals surface area contributed by atoms with Crippen LogP contribution in [0.25, 0.3) is 0 Å². The lowest BCUT2D eigenvalue weighted by Gasteiger charge is -2.07. The molecule has 2 amide bonds. The molecule has 0 bridgehead atoms. The first-order valence-electron chi connectivity index (χ1n) is 7.26. The Morgan fingerprint density at radius 1 is 1.12 bits per heavy atom. The summed E-state index contributed by atoms with van der Waals surface area (Å²) in [5.41, 5.74) is 1.97. The number of hydrogen-bond acceptors (Lipinski definition) is 4. The first-order valence-corrected chi connectivity index (χ1v) is 7.26. The topological polar surface area (TPSA) is 101 Å². The van der Waals surface area contributed by atoms with Crippen LogP contribution >= 0.6 is 0 Å². The average molecular weight is 327 g/mol. The number of likely N-dealkylation sites (N-methyl/N-ethyl adjacent to an activating group) is 1. The predicted octanol–water partition coefficient (Wildman–Crippen LogP) is 2.44. The number of amides is 2. The number of carbonyl (C=O) groups excluding carboxylic acids is 2. The fraction of sp³-hybridized carbons (Fsp3) is 0.176. The molecule has 7 heteroatoms. The highest BCUT2D eigenvalue weighted by molar-refractivity contribution is 6.04. The summed E-state index contributed by atoms with van der Waals surface area (Å²) in [7, 11) is 1.57. The van der Waals surface area contributed by atoms with Crippen molar-refractivity contribution in [1.29, 1.82) is 0 Å². The summed E-state index contributed by atoms with van der Waals surface area (Å²) in [4.78, 5) is 34.0. The Hall–Kier alpha value is -3.22. The van der Waals surface area contributed by atoms with Gasteiger partial charge in [0.05, 0.1) is 11.3 Å². The lowest BCUT2D eigenvalue weighted by atomic mass is 10.1. The van der Waals surface area contributed by atoms with E-state index in [1.807, 2.05) is 0 Å². The third-order valence-electron chi connectivity index (χ3n) is 3.52. The molecule has 0 aliphatic carbocycles. The quantitative estimate of drug-likeness (QED) is 0.650. The highest BCUT2D eigenvalue weighted by Gasteiger charge is 2.15. The first-order chi connectivity index (χ1) is 11.4. The Balaban J connectivity index is 2.11. The molecule has 0 radical (unpaired) electrons. The van der Waals surface area contributed by atoms with Crippen LogP contribution < -0.4 is 10.6 Å². The maximum absolute atomic E-state index is 12.2. The van der Waals surface area contributed by atoms with Crippen LogP contribution in [0.4, 0.5) is 11.4 Å². The second-order valence-electron chi connectivity index (χ2n) is 5.26. The number of benzene rings is 2. The second-order valence-corrected chi connectivity index (χ2v) is 5.26. The monoisotopic (exact) mass is 327 g/mol. The summed E-state index contributed by atoms with van der Waals surface area (Å²) in [6.07, 6.45) is 0.259. The van der Waals surface area contributed by atoms with Crippen LogP contribution in [0.1, 0.15) is 21.5 Å². The zero-order chi connectivity index (χ0) is 17.7. The highest BCUT2D eigenvalue weighted by atomic mass is 16.6. The van der Waals surface area contributed by atoms with E-state index in [0.29, 0.717) is 11.3 Å². The molecule has 7 nitrogen and oxygen atoms in total. The molecule has 0 aliphatic rings. The Morgan fingerprint density at radius 2 is 1.79 bits per heavy atom. The van der Waals surface area contributed by atoms with Gasteiger partial charge in [-0.1, -0.05) is 18.2 Å². The summed E-state index contributed by atoms with van der Waals surface area (Å²) >= 11 is 0. The Bertz CT molecular complexity index is 785. The van der Waals surface area contributed by atoms with E-state index in [0.717, 1.165) is 5.56 Å². The summed E-state index contributed by atoms with van der Waals surface area (Å²) in [5.74, 6) is -0.532. The predicted molar refractivity (Wildman–Crippen MR) is 90.0 cm³/mol. The maximum atomic E-state index is 12.2. The molecule has 2 aromatic rings. The van der Waals surface area contributed by atoms with Crippen molar-refractivity contribution in [2.45, 2.75) is 13.3 Å². The number of nitro benzene ring substituents is 1. The standard InChI is InChI=1S/C17H17N3O4/c1-11-3-6-13(10-15(11)20(23)24)17(22)19-14-7-4-12(5-8-14)9-16(21)18-2/h3-8,10H,9H2,1-2H3,(H,18,21)(H,19,22). The Morgan fingerprint density at radius 3 is 2.38 bits per heavy atom. The summed E-state index contributed by atoms with van der Waals surface area (Å²) in [6.45, 7) is 1.62. The first kappa shape index (κ1) is 17.1. The molecule has 0 aliphatic heterocycles. The second kappa shape index (κ2) is 7.36. The SMILES string of the molecule is CNC(=O)Cc1ccc(NC(=O)c2ccc(C)c([N+](=O)[O-])c2)cc1. The van der Waals surface area contributed by atoms with Crippen molar-refractivity contribution in [2.24, 2.45) is 0 Å². The molecular formula is C17H17N3O4. The molecule has 0 atom stereocenters. The fourth-order valence-corrected chi connectivity index (χ4v) is 2.13. The van der Waals surface area contributed by atoms with E-state index in [1.54, 1.807) is 44.3 Å². The van der Waals surface area contributed by atoms with Gasteiger partial charge < -0.3 is 10.6 Å². The number of carbonyl (C=O) groups is 2. The van der Waals surface area contributed by atoms with Gasteiger partial charge in [-0.3, -0.25) is 19.7 Å². The summed E-state index contributed by atoms with van der Waals surface area (Å²) in [5, 5.41) is 16.2. The van der Waals surface area contributed by atoms with Gasteiger partial charge in [0.2, 0.25) is 5.91 Å². The minimum atomic E-state index is -0.514. The number of nitrogens with one attached hydrogen (secondary N) is 2. The molecule has 2 N–H and O–H groups in total. The van der Waals surface area contributed by atoms with Crippen LogP contribution in [-0.4, -0.2) is 23.8 Å². The normalized spacial score (nSPS) is 10.1. The van der Waals surface area contributed by atoms with Crippen LogP contribution in [0.2, 0.25) is 0 Å². The Kier molecular flexibility index (Phi) is 5.26. The molecule has 0 saturated carbocycles. The molecule has 0 spiro atoms. The smallest absolute Gasteiger partial charge is 0.273 e. The number of rotatable bonds is 5. The van der Waals surface area contributed by atoms with E-state index in [-0.39, 0.29) is 23.6 Å². The molecule has 0 heterocycles. The van der Waals surface area contributed by atoms with E-state index in [1.165, 1.54) is 12.1 Å². The van der Waals surface area contributed by atoms with Crippen molar-refractivity contribution < 1.29 is 14.5 Å². The lowest BCUT2D eigenvalue weighted by Crippen LogP contribution is -2.19. The zero-order valence-electron chi connectivity index (χ0n) is 13.3. The molecule has 0 unspecified atom stereocenters. The number of aryl methyl sites for hydroxylation is 1. The van der Waals surface area contributed by atoms with E-state index in [2.05, 4.69) is 10.6 Å². The molecule has 2 aromatic carbocycles. The molecule has 124 valence electrons. The van der Waals surface area contributed by atoms with Crippen LogP contribution in [0.5, 0.6) is 0 Å². The molecule has 2 rings (SSSR count). The molecule has 24 heavy (non-hydrogen) atoms. The Labute approximate surface area is 138 Å². The maximum Gasteiger partial charge on any atom is 0.273 e. The minimum absolute atomic E-state index is 0.0939. The highest BCUT2D eigenvalue weighted by Crippen LogP contribution is 2.20. The van der Waals surface area contributed by atoms with E-state index in [4.69, 9.17) is 0 Å². The third-order valence-corrected chi connectivity index (χ3v) is 3.52. The average Bonchev–Trinajstić information content (AvgIpc) is 2.56. The van der Waals surface area contributed by atoms with Crippen molar-refractivity contribution in [1.82, 2.24) is 5.32 Å². The van der Waals surface area contributed by atoms with E-state index >= 15 is 0 Å². The van der Waals surface area contributed by atoms with Crippen molar-refractivity contribution >= 4 is 23.2 Å². The van der Waals surface area contributed by atoms with Gasteiger partial charge >= 0.3 is 0 Å². The molecule has 0 aromatic heterocycles. The van der Waals surface area contributed by atoms with Crippen LogP contribution in [0.15, 0.2) is 42.5 Å². The largest absolute Gasteiger partial charge is 0.359 e. The van der Waals surface area contributed by atoms with Crippen molar-refractivity contribution in [3.05, 3.63) is 69.3 Å². The lowest BCUT2D eigenvalue weighted by molar-refractivity contribution is -0.385. The van der Waals surface area contributed by atoms with Crippen LogP contribution in [0.3, 0.4) is 0 Å². The molecular weight excluding hydrogens is 310 g/mol. The van der Waals surface area contributed by atoms with Gasteiger partial charge in [-0.05, 0) is 30.7 Å². The van der Waals surface area contributed by atoms with Crippen molar-refractivity contribution in [2.75, 3.05) is 12.4 Å². The fourth-order valence-electron chi connectivity index (χ4n) is 2.13. The van der Waals surface area contributed by atoms with Gasteiger partial charge in [-0.2, -0.15) is 0 Å². The van der Waals surface area contributed by atoms with Gasteiger partial charge in [0.15, 0.2) is 0 Å². The number of anilines is 1. The summed E-state index contributed by atoms with van der Waals surface area (Å²) < 4.78 is 0. The van der Waals surface area contributed by atoms with Crippen LogP contribution in [-0.2, 0) is 11.2 Å². The van der Waals surface area contributed by atoms with Crippen molar-refractivity contribution in [3.8, 4) is 0 Å². The van der Waals surface area contributed by atoms with Gasteiger partial charge in [0.25, 0.3) is 11.6 Å². The number of hydrogen-bond donors (Lipinski definition) is 2. The van der Waals surface area contributed by atoms with E-state index < -0.39 is 10.8 Å². The number of nitrogens with zero attached hydrogens (tertiary/aromatic N) is 1.